The van der Waals surface area contributed by atoms with E-state index in [4.69, 9.17) is 9.47 Å². The van der Waals surface area contributed by atoms with Crippen LogP contribution in [0.1, 0.15) is 44.1 Å². The molecule has 1 aliphatic rings. The van der Waals surface area contributed by atoms with Gasteiger partial charge in [0, 0.05) is 0 Å². The fourth-order valence-electron chi connectivity index (χ4n) is 3.27. The van der Waals surface area contributed by atoms with E-state index < -0.39 is 0 Å². The van der Waals surface area contributed by atoms with Crippen molar-refractivity contribution in [1.29, 1.82) is 0 Å². The molecule has 1 fully saturated rings. The van der Waals surface area contributed by atoms with Crippen molar-refractivity contribution in [1.82, 2.24) is 5.32 Å². The highest BCUT2D eigenvalue weighted by atomic mass is 16.5. The zero-order valence-corrected chi connectivity index (χ0v) is 12.9. The Kier molecular flexibility index (Phi) is 5.72. The number of methoxy groups -OCH3 is 2. The fraction of sp³-hybridized carbons (Fsp3) is 0.647. The number of nitrogens with one attached hydrogen (secondary N) is 1. The normalized spacial score (nSPS) is 21.9. The molecule has 2 atom stereocenters. The molecule has 0 amide bonds. The lowest BCUT2D eigenvalue weighted by Gasteiger charge is -2.21. The molecule has 1 saturated carbocycles. The predicted octanol–water partition coefficient (Wildman–Crippen LogP) is 3.59. The van der Waals surface area contributed by atoms with Gasteiger partial charge in [-0.3, -0.25) is 0 Å². The second kappa shape index (κ2) is 7.53. The van der Waals surface area contributed by atoms with E-state index in [9.17, 15) is 0 Å². The molecule has 1 N–H and O–H groups in total. The second-order valence-corrected chi connectivity index (χ2v) is 5.62. The maximum Gasteiger partial charge on any atom is 0.160 e. The van der Waals surface area contributed by atoms with E-state index in [0.29, 0.717) is 5.92 Å². The summed E-state index contributed by atoms with van der Waals surface area (Å²) in [6.45, 7) is 4.47. The van der Waals surface area contributed by atoms with Gasteiger partial charge < -0.3 is 14.8 Å². The standard InChI is InChI=1S/C17H27NO2/c1-4-10-18-12-14-6-5-7-15(14)13-8-9-16(19-2)17(11-13)20-3/h8-9,11,14-15,18H,4-7,10,12H2,1-3H3. The van der Waals surface area contributed by atoms with Crippen LogP contribution in [0.2, 0.25) is 0 Å². The molecule has 1 aromatic rings. The highest BCUT2D eigenvalue weighted by Gasteiger charge is 2.28. The van der Waals surface area contributed by atoms with Gasteiger partial charge in [-0.25, -0.2) is 0 Å². The van der Waals surface area contributed by atoms with Gasteiger partial charge in [0.1, 0.15) is 0 Å². The summed E-state index contributed by atoms with van der Waals surface area (Å²) in [5, 5.41) is 3.57. The molecule has 1 aromatic carbocycles. The Balaban J connectivity index is 2.09. The summed E-state index contributed by atoms with van der Waals surface area (Å²) in [6.07, 6.45) is 5.15. The Morgan fingerprint density at radius 3 is 2.65 bits per heavy atom. The highest BCUT2D eigenvalue weighted by molar-refractivity contribution is 5.44. The molecule has 0 aliphatic heterocycles. The number of hydrogen-bond acceptors (Lipinski definition) is 3. The monoisotopic (exact) mass is 277 g/mol. The summed E-state index contributed by atoms with van der Waals surface area (Å²) in [7, 11) is 3.39. The lowest BCUT2D eigenvalue weighted by atomic mass is 9.88. The van der Waals surface area contributed by atoms with Gasteiger partial charge in [0.15, 0.2) is 11.5 Å². The predicted molar refractivity (Wildman–Crippen MR) is 82.8 cm³/mol. The van der Waals surface area contributed by atoms with Crippen molar-refractivity contribution in [3.05, 3.63) is 23.8 Å². The van der Waals surface area contributed by atoms with Crippen LogP contribution in [0.3, 0.4) is 0 Å². The van der Waals surface area contributed by atoms with E-state index in [2.05, 4.69) is 24.4 Å². The molecule has 3 heteroatoms. The number of ether oxygens (including phenoxy) is 2. The van der Waals surface area contributed by atoms with Crippen molar-refractivity contribution in [2.45, 2.75) is 38.5 Å². The van der Waals surface area contributed by atoms with Crippen LogP contribution in [-0.4, -0.2) is 27.3 Å². The molecule has 20 heavy (non-hydrogen) atoms. The van der Waals surface area contributed by atoms with Crippen LogP contribution in [0.4, 0.5) is 0 Å². The van der Waals surface area contributed by atoms with E-state index in [1.165, 1.54) is 31.2 Å². The Bertz CT molecular complexity index is 419. The van der Waals surface area contributed by atoms with Crippen molar-refractivity contribution in [3.8, 4) is 11.5 Å². The first-order valence-electron chi connectivity index (χ1n) is 7.72. The maximum absolute atomic E-state index is 5.43. The minimum Gasteiger partial charge on any atom is -0.493 e. The molecule has 0 bridgehead atoms. The first-order valence-corrected chi connectivity index (χ1v) is 7.72. The fourth-order valence-corrected chi connectivity index (χ4v) is 3.27. The Morgan fingerprint density at radius 1 is 1.15 bits per heavy atom. The third-order valence-electron chi connectivity index (χ3n) is 4.33. The second-order valence-electron chi connectivity index (χ2n) is 5.62. The SMILES string of the molecule is CCCNCC1CCCC1c1ccc(OC)c(OC)c1. The van der Waals surface area contributed by atoms with Crippen molar-refractivity contribution < 1.29 is 9.47 Å². The minimum atomic E-state index is 0.652. The van der Waals surface area contributed by atoms with E-state index in [-0.39, 0.29) is 0 Å². The van der Waals surface area contributed by atoms with Crippen molar-refractivity contribution in [2.75, 3.05) is 27.3 Å². The summed E-state index contributed by atoms with van der Waals surface area (Å²) in [5.41, 5.74) is 1.39. The summed E-state index contributed by atoms with van der Waals surface area (Å²) in [6, 6.07) is 6.38. The average molecular weight is 277 g/mol. The third-order valence-corrected chi connectivity index (χ3v) is 4.33. The molecule has 0 heterocycles. The van der Waals surface area contributed by atoms with Crippen LogP contribution < -0.4 is 14.8 Å². The molecule has 0 saturated heterocycles. The molecule has 0 radical (unpaired) electrons. The molecular formula is C17H27NO2. The van der Waals surface area contributed by atoms with Crippen LogP contribution in [0.25, 0.3) is 0 Å². The van der Waals surface area contributed by atoms with Crippen LogP contribution in [0.15, 0.2) is 18.2 Å². The first-order chi connectivity index (χ1) is 9.80. The van der Waals surface area contributed by atoms with Gasteiger partial charge in [0.25, 0.3) is 0 Å². The van der Waals surface area contributed by atoms with Crippen LogP contribution in [0, 0.1) is 5.92 Å². The molecule has 2 unspecified atom stereocenters. The third kappa shape index (κ3) is 3.45. The summed E-state index contributed by atoms with van der Waals surface area (Å²) >= 11 is 0. The summed E-state index contributed by atoms with van der Waals surface area (Å²) < 4.78 is 10.8. The summed E-state index contributed by atoms with van der Waals surface area (Å²) in [4.78, 5) is 0. The van der Waals surface area contributed by atoms with Gasteiger partial charge in [-0.15, -0.1) is 0 Å². The smallest absolute Gasteiger partial charge is 0.160 e. The Labute approximate surface area is 122 Å². The minimum absolute atomic E-state index is 0.652. The van der Waals surface area contributed by atoms with Crippen LogP contribution in [0.5, 0.6) is 11.5 Å². The maximum atomic E-state index is 5.43. The van der Waals surface area contributed by atoms with Gasteiger partial charge in [-0.05, 0) is 61.9 Å². The Hall–Kier alpha value is -1.22. The van der Waals surface area contributed by atoms with Crippen molar-refractivity contribution in [3.63, 3.8) is 0 Å². The molecule has 2 rings (SSSR count). The lowest BCUT2D eigenvalue weighted by Crippen LogP contribution is -2.25. The average Bonchev–Trinajstić information content (AvgIpc) is 2.95. The zero-order chi connectivity index (χ0) is 14.4. The van der Waals surface area contributed by atoms with E-state index in [1.807, 2.05) is 6.07 Å². The van der Waals surface area contributed by atoms with E-state index >= 15 is 0 Å². The molecule has 3 nitrogen and oxygen atoms in total. The zero-order valence-electron chi connectivity index (χ0n) is 12.9. The van der Waals surface area contributed by atoms with E-state index in [1.54, 1.807) is 14.2 Å². The number of benzene rings is 1. The molecule has 0 spiro atoms. The summed E-state index contributed by atoms with van der Waals surface area (Å²) in [5.74, 6) is 3.06. The van der Waals surface area contributed by atoms with Crippen LogP contribution in [-0.2, 0) is 0 Å². The largest absolute Gasteiger partial charge is 0.493 e. The molecule has 112 valence electrons. The van der Waals surface area contributed by atoms with Gasteiger partial charge in [-0.1, -0.05) is 19.4 Å². The van der Waals surface area contributed by atoms with Gasteiger partial charge in [0.05, 0.1) is 14.2 Å². The van der Waals surface area contributed by atoms with E-state index in [0.717, 1.165) is 30.5 Å². The van der Waals surface area contributed by atoms with Crippen molar-refractivity contribution in [2.24, 2.45) is 5.92 Å². The first kappa shape index (κ1) is 15.2. The lowest BCUT2D eigenvalue weighted by molar-refractivity contribution is 0.353. The van der Waals surface area contributed by atoms with Gasteiger partial charge in [-0.2, -0.15) is 0 Å². The molecular weight excluding hydrogens is 250 g/mol. The highest BCUT2D eigenvalue weighted by Crippen LogP contribution is 2.41. The quantitative estimate of drug-likeness (QED) is 0.773. The van der Waals surface area contributed by atoms with Crippen LogP contribution >= 0.6 is 0 Å². The number of hydrogen-bond donors (Lipinski definition) is 1. The molecule has 0 aromatic heterocycles. The van der Waals surface area contributed by atoms with Gasteiger partial charge >= 0.3 is 0 Å². The molecule has 1 aliphatic carbocycles. The topological polar surface area (TPSA) is 30.5 Å². The van der Waals surface area contributed by atoms with Gasteiger partial charge in [0.2, 0.25) is 0 Å². The Morgan fingerprint density at radius 2 is 1.95 bits per heavy atom. The van der Waals surface area contributed by atoms with Crippen molar-refractivity contribution >= 4 is 0 Å². The number of rotatable bonds is 7.